The van der Waals surface area contributed by atoms with Crippen LogP contribution in [-0.2, 0) is 24.4 Å². The van der Waals surface area contributed by atoms with E-state index in [1.807, 2.05) is 19.2 Å². The number of aryl methyl sites for hydroxylation is 2. The molecule has 0 aliphatic heterocycles. The number of rotatable bonds is 6. The van der Waals surface area contributed by atoms with Crippen molar-refractivity contribution >= 4 is 11.7 Å². The molecule has 0 fully saturated rings. The molecule has 0 aliphatic rings. The molecule has 0 unspecified atom stereocenters. The Morgan fingerprint density at radius 2 is 2.24 bits per heavy atom. The van der Waals surface area contributed by atoms with Crippen LogP contribution >= 0.6 is 0 Å². The number of hydrogen-bond donors (Lipinski definition) is 1. The van der Waals surface area contributed by atoms with Crippen LogP contribution in [0.2, 0.25) is 0 Å². The van der Waals surface area contributed by atoms with Gasteiger partial charge in [0.25, 0.3) is 0 Å². The third-order valence-electron chi connectivity index (χ3n) is 2.94. The zero-order valence-corrected chi connectivity index (χ0v) is 11.8. The van der Waals surface area contributed by atoms with Crippen molar-refractivity contribution in [1.29, 1.82) is 0 Å². The van der Waals surface area contributed by atoms with Gasteiger partial charge in [0, 0.05) is 12.7 Å². The molecule has 112 valence electrons. The summed E-state index contributed by atoms with van der Waals surface area (Å²) in [4.78, 5) is 21.8. The third kappa shape index (κ3) is 3.65. The molecular weight excluding hydrogens is 276 g/mol. The summed E-state index contributed by atoms with van der Waals surface area (Å²) in [6.45, 7) is 4.66. The number of amides is 1. The minimum absolute atomic E-state index is 0.0613. The Morgan fingerprint density at radius 3 is 2.81 bits per heavy atom. The molecule has 0 saturated heterocycles. The van der Waals surface area contributed by atoms with Crippen LogP contribution in [0.25, 0.3) is 0 Å². The average Bonchev–Trinajstić information content (AvgIpc) is 3.04. The van der Waals surface area contributed by atoms with Crippen LogP contribution in [0.15, 0.2) is 18.3 Å². The van der Waals surface area contributed by atoms with Gasteiger partial charge in [-0.25, -0.2) is 0 Å². The van der Waals surface area contributed by atoms with E-state index in [2.05, 4.69) is 15.5 Å². The molecule has 0 atom stereocenters. The second-order valence-corrected chi connectivity index (χ2v) is 4.50. The van der Waals surface area contributed by atoms with Gasteiger partial charge in [0.2, 0.25) is 5.91 Å². The lowest BCUT2D eigenvalue weighted by molar-refractivity contribution is -0.389. The van der Waals surface area contributed by atoms with E-state index in [1.54, 1.807) is 11.6 Å². The van der Waals surface area contributed by atoms with Crippen molar-refractivity contribution in [2.45, 2.75) is 33.5 Å². The van der Waals surface area contributed by atoms with Crippen LogP contribution < -0.4 is 5.32 Å². The minimum Gasteiger partial charge on any atom is -0.358 e. The number of nitro groups is 1. The normalized spacial score (nSPS) is 10.6. The summed E-state index contributed by atoms with van der Waals surface area (Å²) in [5.41, 5.74) is 1.32. The zero-order valence-electron chi connectivity index (χ0n) is 11.8. The maximum absolute atomic E-state index is 11.8. The van der Waals surface area contributed by atoms with E-state index in [9.17, 15) is 14.9 Å². The van der Waals surface area contributed by atoms with E-state index < -0.39 is 4.92 Å². The molecule has 0 bridgehead atoms. The van der Waals surface area contributed by atoms with E-state index in [0.717, 1.165) is 12.2 Å². The first-order valence-electron chi connectivity index (χ1n) is 6.47. The van der Waals surface area contributed by atoms with Gasteiger partial charge in [0.1, 0.15) is 6.54 Å². The number of nitrogens with zero attached hydrogens (tertiary/aromatic N) is 5. The van der Waals surface area contributed by atoms with Crippen molar-refractivity contribution in [3.8, 4) is 0 Å². The number of carbonyl (C=O) groups excluding carboxylic acids is 1. The highest BCUT2D eigenvalue weighted by Crippen LogP contribution is 2.10. The molecule has 9 heteroatoms. The first-order valence-corrected chi connectivity index (χ1v) is 6.47. The predicted octanol–water partition coefficient (Wildman–Crippen LogP) is 0.633. The van der Waals surface area contributed by atoms with Gasteiger partial charge in [-0.15, -0.1) is 0 Å². The SMILES string of the molecule is CCn1ccc(CNC(=O)Cn2nc([N+](=O)[O-])cc2C)n1. The fraction of sp³-hybridized carbons (Fsp3) is 0.417. The fourth-order valence-corrected chi connectivity index (χ4v) is 1.80. The number of aromatic nitrogens is 4. The Hall–Kier alpha value is -2.71. The van der Waals surface area contributed by atoms with Crippen molar-refractivity contribution in [3.63, 3.8) is 0 Å². The first-order chi connectivity index (χ1) is 9.99. The van der Waals surface area contributed by atoms with Gasteiger partial charge in [-0.3, -0.25) is 9.48 Å². The van der Waals surface area contributed by atoms with E-state index in [1.165, 1.54) is 10.7 Å². The summed E-state index contributed by atoms with van der Waals surface area (Å²) in [5.74, 6) is -0.538. The Kier molecular flexibility index (Phi) is 4.31. The standard InChI is InChI=1S/C12H16N6O3/c1-3-16-5-4-10(14-16)7-13-12(19)8-17-9(2)6-11(15-17)18(20)21/h4-6H,3,7-8H2,1-2H3,(H,13,19). The summed E-state index contributed by atoms with van der Waals surface area (Å²) >= 11 is 0. The molecule has 0 aromatic carbocycles. The molecule has 21 heavy (non-hydrogen) atoms. The summed E-state index contributed by atoms with van der Waals surface area (Å²) in [5, 5.41) is 21.3. The zero-order chi connectivity index (χ0) is 15.4. The molecular formula is C12H16N6O3. The monoisotopic (exact) mass is 292 g/mol. The van der Waals surface area contributed by atoms with Crippen LogP contribution in [-0.4, -0.2) is 30.4 Å². The highest BCUT2D eigenvalue weighted by atomic mass is 16.6. The molecule has 1 amide bonds. The summed E-state index contributed by atoms with van der Waals surface area (Å²) in [6, 6.07) is 3.16. The summed E-state index contributed by atoms with van der Waals surface area (Å²) in [7, 11) is 0. The van der Waals surface area contributed by atoms with Gasteiger partial charge in [-0.1, -0.05) is 0 Å². The molecule has 0 saturated carbocycles. The third-order valence-corrected chi connectivity index (χ3v) is 2.94. The Morgan fingerprint density at radius 1 is 1.48 bits per heavy atom. The average molecular weight is 292 g/mol. The fourth-order valence-electron chi connectivity index (χ4n) is 1.80. The molecule has 2 rings (SSSR count). The van der Waals surface area contributed by atoms with E-state index in [-0.39, 0.29) is 18.3 Å². The Bertz CT molecular complexity index is 660. The topological polar surface area (TPSA) is 108 Å². The lowest BCUT2D eigenvalue weighted by Crippen LogP contribution is -2.28. The van der Waals surface area contributed by atoms with Gasteiger partial charge < -0.3 is 15.4 Å². The Labute approximate surface area is 120 Å². The van der Waals surface area contributed by atoms with E-state index in [4.69, 9.17) is 0 Å². The smallest absolute Gasteiger partial charge is 0.358 e. The first kappa shape index (κ1) is 14.7. The van der Waals surface area contributed by atoms with E-state index in [0.29, 0.717) is 12.2 Å². The van der Waals surface area contributed by atoms with Crippen molar-refractivity contribution in [3.05, 3.63) is 39.8 Å². The maximum atomic E-state index is 11.8. The van der Waals surface area contributed by atoms with Gasteiger partial charge in [-0.2, -0.15) is 9.78 Å². The van der Waals surface area contributed by atoms with Crippen molar-refractivity contribution in [2.24, 2.45) is 0 Å². The molecule has 9 nitrogen and oxygen atoms in total. The van der Waals surface area contributed by atoms with Gasteiger partial charge >= 0.3 is 5.82 Å². The summed E-state index contributed by atoms with van der Waals surface area (Å²) in [6.07, 6.45) is 1.84. The molecule has 0 spiro atoms. The van der Waals surface area contributed by atoms with Crippen LogP contribution in [0, 0.1) is 17.0 Å². The Balaban J connectivity index is 1.91. The van der Waals surface area contributed by atoms with Crippen LogP contribution in [0.4, 0.5) is 5.82 Å². The molecule has 0 aliphatic carbocycles. The second-order valence-electron chi connectivity index (χ2n) is 4.50. The number of nitrogens with one attached hydrogen (secondary N) is 1. The molecule has 2 aromatic heterocycles. The molecule has 1 N–H and O–H groups in total. The molecule has 2 aromatic rings. The lowest BCUT2D eigenvalue weighted by Gasteiger charge is -2.02. The van der Waals surface area contributed by atoms with E-state index >= 15 is 0 Å². The lowest BCUT2D eigenvalue weighted by atomic mass is 10.4. The van der Waals surface area contributed by atoms with Crippen molar-refractivity contribution in [1.82, 2.24) is 24.9 Å². The van der Waals surface area contributed by atoms with Crippen LogP contribution in [0.5, 0.6) is 0 Å². The predicted molar refractivity (Wildman–Crippen MR) is 73.4 cm³/mol. The van der Waals surface area contributed by atoms with Crippen LogP contribution in [0.1, 0.15) is 18.3 Å². The van der Waals surface area contributed by atoms with Crippen LogP contribution in [0.3, 0.4) is 0 Å². The largest absolute Gasteiger partial charge is 0.390 e. The summed E-state index contributed by atoms with van der Waals surface area (Å²) < 4.78 is 3.07. The highest BCUT2D eigenvalue weighted by molar-refractivity contribution is 5.75. The van der Waals surface area contributed by atoms with Crippen molar-refractivity contribution in [2.75, 3.05) is 0 Å². The van der Waals surface area contributed by atoms with Gasteiger partial charge in [0.15, 0.2) is 0 Å². The van der Waals surface area contributed by atoms with Gasteiger partial charge in [-0.05, 0) is 24.8 Å². The highest BCUT2D eigenvalue weighted by Gasteiger charge is 2.17. The van der Waals surface area contributed by atoms with Crippen molar-refractivity contribution < 1.29 is 9.72 Å². The molecule has 0 radical (unpaired) electrons. The second kappa shape index (κ2) is 6.16. The quantitative estimate of drug-likeness (QED) is 0.620. The number of hydrogen-bond acceptors (Lipinski definition) is 5. The minimum atomic E-state index is -0.585. The number of carbonyl (C=O) groups is 1. The maximum Gasteiger partial charge on any atom is 0.390 e. The van der Waals surface area contributed by atoms with Gasteiger partial charge in [0.05, 0.1) is 29.1 Å². The molecule has 2 heterocycles.